The number of carbonyl (C=O) groups is 1. The molecule has 0 radical (unpaired) electrons. The molecule has 1 aliphatic heterocycles. The van der Waals surface area contributed by atoms with E-state index in [1.54, 1.807) is 23.2 Å². The van der Waals surface area contributed by atoms with Crippen LogP contribution in [0.5, 0.6) is 0 Å². The summed E-state index contributed by atoms with van der Waals surface area (Å²) in [7, 11) is 0. The summed E-state index contributed by atoms with van der Waals surface area (Å²) in [6.45, 7) is 4.79. The van der Waals surface area contributed by atoms with Gasteiger partial charge in [0.2, 0.25) is 5.91 Å². The third-order valence-electron chi connectivity index (χ3n) is 4.34. The first kappa shape index (κ1) is 14.8. The summed E-state index contributed by atoms with van der Waals surface area (Å²) in [5.74, 6) is -0.0282. The van der Waals surface area contributed by atoms with Gasteiger partial charge < -0.3 is 4.90 Å². The number of nitriles is 1. The number of carbonyl (C=O) groups excluding carboxylic acids is 1. The maximum Gasteiger partial charge on any atom is 0.246 e. The Bertz CT molecular complexity index is 610. The van der Waals surface area contributed by atoms with Crippen LogP contribution in [0.1, 0.15) is 25.5 Å². The second-order valence-corrected chi connectivity index (χ2v) is 5.80. The minimum Gasteiger partial charge on any atom is -0.335 e. The van der Waals surface area contributed by atoms with Gasteiger partial charge in [0.05, 0.1) is 11.8 Å². The molecular weight excluding hydrogens is 278 g/mol. The number of hydrogen-bond acceptors (Lipinski definition) is 4. The molecule has 1 saturated carbocycles. The Balaban J connectivity index is 1.62. The summed E-state index contributed by atoms with van der Waals surface area (Å²) in [5, 5.41) is 13.5. The molecule has 3 rings (SSSR count). The topological polar surface area (TPSA) is 65.2 Å². The number of hydrogen-bond donors (Lipinski definition) is 0. The lowest BCUT2D eigenvalue weighted by Gasteiger charge is -2.38. The zero-order valence-electron chi connectivity index (χ0n) is 12.9. The van der Waals surface area contributed by atoms with E-state index < -0.39 is 0 Å². The summed E-state index contributed by atoms with van der Waals surface area (Å²) < 4.78 is 1.84. The van der Waals surface area contributed by atoms with Gasteiger partial charge in [-0.1, -0.05) is 0 Å². The first-order valence-electron chi connectivity index (χ1n) is 7.87. The number of nitrogens with zero attached hydrogens (tertiary/aromatic N) is 5. The molecule has 22 heavy (non-hydrogen) atoms. The third kappa shape index (κ3) is 3.04. The van der Waals surface area contributed by atoms with E-state index >= 15 is 0 Å². The predicted molar refractivity (Wildman–Crippen MR) is 82.6 cm³/mol. The van der Waals surface area contributed by atoms with Crippen LogP contribution >= 0.6 is 0 Å². The predicted octanol–water partition coefficient (Wildman–Crippen LogP) is 1.11. The molecule has 1 saturated heterocycles. The van der Waals surface area contributed by atoms with Gasteiger partial charge in [-0.15, -0.1) is 0 Å². The van der Waals surface area contributed by atoms with Crippen molar-refractivity contribution in [2.24, 2.45) is 0 Å². The molecule has 0 spiro atoms. The van der Waals surface area contributed by atoms with Gasteiger partial charge >= 0.3 is 0 Å². The normalized spacial score (nSPS) is 22.9. The van der Waals surface area contributed by atoms with Crippen molar-refractivity contribution in [1.29, 1.82) is 5.26 Å². The van der Waals surface area contributed by atoms with E-state index in [-0.39, 0.29) is 11.9 Å². The zero-order valence-corrected chi connectivity index (χ0v) is 12.9. The second-order valence-electron chi connectivity index (χ2n) is 5.80. The van der Waals surface area contributed by atoms with Gasteiger partial charge in [-0.25, -0.2) is 0 Å². The SMILES string of the molecule is CCn1nccc1/C=C/C(=O)N1CCN(C2CC2)C(C#N)C1. The van der Waals surface area contributed by atoms with Gasteiger partial charge in [-0.2, -0.15) is 10.4 Å². The quantitative estimate of drug-likeness (QED) is 0.781. The van der Waals surface area contributed by atoms with Crippen molar-refractivity contribution in [1.82, 2.24) is 19.6 Å². The molecule has 1 unspecified atom stereocenters. The minimum absolute atomic E-state index is 0.0282. The van der Waals surface area contributed by atoms with Crippen molar-refractivity contribution in [2.75, 3.05) is 19.6 Å². The van der Waals surface area contributed by atoms with Crippen LogP contribution in [0.25, 0.3) is 6.08 Å². The van der Waals surface area contributed by atoms with E-state index in [0.717, 1.165) is 18.8 Å². The highest BCUT2D eigenvalue weighted by Crippen LogP contribution is 2.30. The summed E-state index contributed by atoms with van der Waals surface area (Å²) >= 11 is 0. The average Bonchev–Trinajstić information content (AvgIpc) is 3.30. The maximum absolute atomic E-state index is 12.3. The van der Waals surface area contributed by atoms with Gasteiger partial charge in [0.25, 0.3) is 0 Å². The lowest BCUT2D eigenvalue weighted by atomic mass is 10.1. The van der Waals surface area contributed by atoms with Gasteiger partial charge in [-0.3, -0.25) is 14.4 Å². The monoisotopic (exact) mass is 299 g/mol. The molecule has 2 heterocycles. The fraction of sp³-hybridized carbons (Fsp3) is 0.562. The molecule has 2 fully saturated rings. The summed E-state index contributed by atoms with van der Waals surface area (Å²) in [6.07, 6.45) is 7.49. The Kier molecular flexibility index (Phi) is 4.25. The fourth-order valence-electron chi connectivity index (χ4n) is 2.97. The van der Waals surface area contributed by atoms with Crippen LogP contribution in [0.2, 0.25) is 0 Å². The molecule has 6 heteroatoms. The van der Waals surface area contributed by atoms with E-state index in [4.69, 9.17) is 0 Å². The number of aromatic nitrogens is 2. The number of piperazine rings is 1. The number of amides is 1. The van der Waals surface area contributed by atoms with Crippen molar-refractivity contribution in [3.05, 3.63) is 24.0 Å². The smallest absolute Gasteiger partial charge is 0.246 e. The molecule has 1 atom stereocenters. The van der Waals surface area contributed by atoms with Gasteiger partial charge in [0.15, 0.2) is 0 Å². The van der Waals surface area contributed by atoms with Crippen LogP contribution < -0.4 is 0 Å². The largest absolute Gasteiger partial charge is 0.335 e. The second kappa shape index (κ2) is 6.32. The van der Waals surface area contributed by atoms with E-state index in [1.807, 2.05) is 17.7 Å². The number of rotatable bonds is 4. The Hall–Kier alpha value is -2.13. The molecule has 1 aliphatic carbocycles. The van der Waals surface area contributed by atoms with Crippen molar-refractivity contribution in [3.8, 4) is 6.07 Å². The van der Waals surface area contributed by atoms with Crippen LogP contribution in [0.4, 0.5) is 0 Å². The highest BCUT2D eigenvalue weighted by atomic mass is 16.2. The molecule has 0 N–H and O–H groups in total. The summed E-state index contributed by atoms with van der Waals surface area (Å²) in [6, 6.07) is 4.63. The highest BCUT2D eigenvalue weighted by molar-refractivity contribution is 5.91. The number of aryl methyl sites for hydroxylation is 1. The van der Waals surface area contributed by atoms with E-state index in [9.17, 15) is 10.1 Å². The van der Waals surface area contributed by atoms with Crippen molar-refractivity contribution in [3.63, 3.8) is 0 Å². The van der Waals surface area contributed by atoms with Crippen molar-refractivity contribution in [2.45, 2.75) is 38.4 Å². The molecule has 1 amide bonds. The van der Waals surface area contributed by atoms with Gasteiger partial charge in [0, 0.05) is 44.5 Å². The standard InChI is InChI=1S/C16H21N5O/c1-2-21-14(7-8-18-21)5-6-16(22)19-9-10-20(13-3-4-13)15(11-17)12-19/h5-8,13,15H,2-4,9-10,12H2,1H3/b6-5+. The third-order valence-corrected chi connectivity index (χ3v) is 4.34. The lowest BCUT2D eigenvalue weighted by molar-refractivity contribution is -0.128. The summed E-state index contributed by atoms with van der Waals surface area (Å²) in [5.41, 5.74) is 0.921. The van der Waals surface area contributed by atoms with E-state index in [0.29, 0.717) is 19.1 Å². The molecule has 0 bridgehead atoms. The maximum atomic E-state index is 12.3. The first-order valence-corrected chi connectivity index (χ1v) is 7.87. The average molecular weight is 299 g/mol. The molecule has 0 aromatic carbocycles. The molecule has 2 aliphatic rings. The van der Waals surface area contributed by atoms with Crippen LogP contribution in [0, 0.1) is 11.3 Å². The Morgan fingerprint density at radius 1 is 1.50 bits per heavy atom. The fourth-order valence-corrected chi connectivity index (χ4v) is 2.97. The Labute approximate surface area is 130 Å². The first-order chi connectivity index (χ1) is 10.7. The zero-order chi connectivity index (χ0) is 15.5. The molecule has 116 valence electrons. The molecule has 1 aromatic rings. The molecule has 6 nitrogen and oxygen atoms in total. The van der Waals surface area contributed by atoms with Gasteiger partial charge in [0.1, 0.15) is 6.04 Å². The van der Waals surface area contributed by atoms with E-state index in [1.165, 1.54) is 12.8 Å². The van der Waals surface area contributed by atoms with E-state index in [2.05, 4.69) is 16.1 Å². The highest BCUT2D eigenvalue weighted by Gasteiger charge is 2.38. The van der Waals surface area contributed by atoms with Crippen molar-refractivity contribution < 1.29 is 4.79 Å². The van der Waals surface area contributed by atoms with Crippen LogP contribution in [-0.2, 0) is 11.3 Å². The lowest BCUT2D eigenvalue weighted by Crippen LogP contribution is -2.54. The molecular formula is C16H21N5O. The summed E-state index contributed by atoms with van der Waals surface area (Å²) in [4.78, 5) is 16.4. The van der Waals surface area contributed by atoms with Crippen LogP contribution in [0.15, 0.2) is 18.3 Å². The Morgan fingerprint density at radius 2 is 2.32 bits per heavy atom. The van der Waals surface area contributed by atoms with Crippen molar-refractivity contribution >= 4 is 12.0 Å². The van der Waals surface area contributed by atoms with Crippen LogP contribution in [-0.4, -0.2) is 57.2 Å². The molecule has 1 aromatic heterocycles. The Morgan fingerprint density at radius 3 is 3.00 bits per heavy atom. The van der Waals surface area contributed by atoms with Crippen LogP contribution in [0.3, 0.4) is 0 Å². The minimum atomic E-state index is -0.167. The van der Waals surface area contributed by atoms with Gasteiger partial charge in [-0.05, 0) is 31.9 Å².